The Hall–Kier alpha value is -2.49. The highest BCUT2D eigenvalue weighted by Crippen LogP contribution is 2.25. The summed E-state index contributed by atoms with van der Waals surface area (Å²) in [5.74, 6) is 1.30. The van der Waals surface area contributed by atoms with Gasteiger partial charge in [0.25, 0.3) is 0 Å². The van der Waals surface area contributed by atoms with Gasteiger partial charge in [-0.3, -0.25) is 0 Å². The van der Waals surface area contributed by atoms with Gasteiger partial charge in [0.1, 0.15) is 0 Å². The van der Waals surface area contributed by atoms with Crippen molar-refractivity contribution in [3.63, 3.8) is 0 Å². The molecule has 4 heteroatoms. The second kappa shape index (κ2) is 5.48. The van der Waals surface area contributed by atoms with Crippen LogP contribution in [0.25, 0.3) is 16.9 Å². The molecule has 0 atom stereocenters. The monoisotopic (exact) mass is 281 g/mol. The zero-order valence-corrected chi connectivity index (χ0v) is 12.3. The minimum absolute atomic E-state index is 0.483. The molecule has 0 bridgehead atoms. The zero-order chi connectivity index (χ0) is 14.8. The first-order valence-electron chi connectivity index (χ1n) is 7.10. The van der Waals surface area contributed by atoms with Crippen LogP contribution in [-0.2, 0) is 0 Å². The second-order valence-corrected chi connectivity index (χ2v) is 5.56. The molecule has 0 unspecified atom stereocenters. The van der Waals surface area contributed by atoms with Crippen LogP contribution in [0.15, 0.2) is 48.8 Å². The van der Waals surface area contributed by atoms with E-state index in [0.29, 0.717) is 12.5 Å². The fourth-order valence-corrected chi connectivity index (χ4v) is 2.15. The average molecular weight is 281 g/mol. The summed E-state index contributed by atoms with van der Waals surface area (Å²) in [6, 6.07) is 11.6. The standard InChI is InChI=1S/C17H19N3O/c1-12(2)11-21-16-4-3-9-20-10-15(19-17(16)20)13-5-7-14(18)8-6-13/h3-10,12H,11,18H2,1-2H3. The molecule has 108 valence electrons. The van der Waals surface area contributed by atoms with Crippen LogP contribution in [0.1, 0.15) is 13.8 Å². The molecule has 0 radical (unpaired) electrons. The smallest absolute Gasteiger partial charge is 0.180 e. The van der Waals surface area contributed by atoms with Gasteiger partial charge < -0.3 is 14.9 Å². The van der Waals surface area contributed by atoms with Crippen molar-refractivity contribution < 1.29 is 4.74 Å². The largest absolute Gasteiger partial charge is 0.489 e. The average Bonchev–Trinajstić information content (AvgIpc) is 2.90. The Labute approximate surface area is 124 Å². The lowest BCUT2D eigenvalue weighted by atomic mass is 10.1. The van der Waals surface area contributed by atoms with E-state index in [2.05, 4.69) is 18.8 Å². The van der Waals surface area contributed by atoms with E-state index < -0.39 is 0 Å². The topological polar surface area (TPSA) is 52.5 Å². The second-order valence-electron chi connectivity index (χ2n) is 5.56. The summed E-state index contributed by atoms with van der Waals surface area (Å²) in [5.41, 5.74) is 9.27. The zero-order valence-electron chi connectivity index (χ0n) is 12.3. The number of fused-ring (bicyclic) bond motifs is 1. The summed E-state index contributed by atoms with van der Waals surface area (Å²) in [5, 5.41) is 0. The van der Waals surface area contributed by atoms with E-state index in [1.807, 2.05) is 53.2 Å². The van der Waals surface area contributed by atoms with Gasteiger partial charge >= 0.3 is 0 Å². The Morgan fingerprint density at radius 1 is 1.19 bits per heavy atom. The molecule has 2 heterocycles. The lowest BCUT2D eigenvalue weighted by molar-refractivity contribution is 0.272. The van der Waals surface area contributed by atoms with Gasteiger partial charge in [0.05, 0.1) is 12.3 Å². The molecule has 21 heavy (non-hydrogen) atoms. The first-order valence-corrected chi connectivity index (χ1v) is 7.10. The Morgan fingerprint density at radius 2 is 1.95 bits per heavy atom. The van der Waals surface area contributed by atoms with E-state index in [4.69, 9.17) is 10.5 Å². The van der Waals surface area contributed by atoms with Gasteiger partial charge in [-0.15, -0.1) is 0 Å². The van der Waals surface area contributed by atoms with E-state index >= 15 is 0 Å². The number of benzene rings is 1. The van der Waals surface area contributed by atoms with Crippen LogP contribution in [0.5, 0.6) is 5.75 Å². The van der Waals surface area contributed by atoms with Crippen LogP contribution in [0.3, 0.4) is 0 Å². The lowest BCUT2D eigenvalue weighted by Crippen LogP contribution is -2.05. The molecular weight excluding hydrogens is 262 g/mol. The predicted molar refractivity (Wildman–Crippen MR) is 85.4 cm³/mol. The number of nitrogens with zero attached hydrogens (tertiary/aromatic N) is 2. The minimum atomic E-state index is 0.483. The number of rotatable bonds is 4. The van der Waals surface area contributed by atoms with Crippen molar-refractivity contribution in [3.05, 3.63) is 48.8 Å². The van der Waals surface area contributed by atoms with Crippen molar-refractivity contribution in [1.29, 1.82) is 0 Å². The van der Waals surface area contributed by atoms with Gasteiger partial charge in [-0.2, -0.15) is 0 Å². The summed E-state index contributed by atoms with van der Waals surface area (Å²) < 4.78 is 7.83. The molecule has 4 nitrogen and oxygen atoms in total. The van der Waals surface area contributed by atoms with E-state index in [9.17, 15) is 0 Å². The molecule has 0 fully saturated rings. The van der Waals surface area contributed by atoms with Gasteiger partial charge in [-0.1, -0.05) is 26.0 Å². The molecular formula is C17H19N3O. The van der Waals surface area contributed by atoms with Crippen LogP contribution in [0.4, 0.5) is 5.69 Å². The van der Waals surface area contributed by atoms with Crippen molar-refractivity contribution in [2.45, 2.75) is 13.8 Å². The molecule has 0 aliphatic carbocycles. The molecule has 3 rings (SSSR count). The van der Waals surface area contributed by atoms with Gasteiger partial charge in [0.2, 0.25) is 0 Å². The lowest BCUT2D eigenvalue weighted by Gasteiger charge is -2.08. The number of hydrogen-bond donors (Lipinski definition) is 1. The maximum Gasteiger partial charge on any atom is 0.180 e. The molecule has 2 N–H and O–H groups in total. The highest BCUT2D eigenvalue weighted by atomic mass is 16.5. The Bertz CT molecular complexity index is 744. The highest BCUT2D eigenvalue weighted by Gasteiger charge is 2.09. The van der Waals surface area contributed by atoms with Gasteiger partial charge in [0.15, 0.2) is 11.4 Å². The fraction of sp³-hybridized carbons (Fsp3) is 0.235. The summed E-state index contributed by atoms with van der Waals surface area (Å²) in [6.07, 6.45) is 3.98. The molecule has 1 aromatic carbocycles. The fourth-order valence-electron chi connectivity index (χ4n) is 2.15. The van der Waals surface area contributed by atoms with Crippen LogP contribution < -0.4 is 10.5 Å². The highest BCUT2D eigenvalue weighted by molar-refractivity contribution is 5.67. The SMILES string of the molecule is CC(C)COc1cccn2cc(-c3ccc(N)cc3)nc12. The van der Waals surface area contributed by atoms with Crippen molar-refractivity contribution in [1.82, 2.24) is 9.38 Å². The van der Waals surface area contributed by atoms with Gasteiger partial charge in [0, 0.05) is 23.6 Å². The number of imidazole rings is 1. The third kappa shape index (κ3) is 2.84. The first kappa shape index (κ1) is 13.5. The summed E-state index contributed by atoms with van der Waals surface area (Å²) in [6.45, 7) is 4.95. The van der Waals surface area contributed by atoms with E-state index in [-0.39, 0.29) is 0 Å². The number of nitrogens with two attached hydrogens (primary N) is 1. The summed E-state index contributed by atoms with van der Waals surface area (Å²) >= 11 is 0. The number of ether oxygens (including phenoxy) is 1. The van der Waals surface area contributed by atoms with E-state index in [1.165, 1.54) is 0 Å². The molecule has 0 amide bonds. The number of anilines is 1. The minimum Gasteiger partial charge on any atom is -0.489 e. The molecule has 0 aliphatic heterocycles. The normalized spacial score (nSPS) is 11.2. The Morgan fingerprint density at radius 3 is 2.67 bits per heavy atom. The molecule has 2 aromatic heterocycles. The molecule has 0 saturated carbocycles. The van der Waals surface area contributed by atoms with E-state index in [0.717, 1.165) is 28.3 Å². The predicted octanol–water partition coefficient (Wildman–Crippen LogP) is 3.62. The summed E-state index contributed by atoms with van der Waals surface area (Å²) in [7, 11) is 0. The first-order chi connectivity index (χ1) is 10.1. The third-order valence-corrected chi connectivity index (χ3v) is 3.23. The summed E-state index contributed by atoms with van der Waals surface area (Å²) in [4.78, 5) is 4.69. The number of pyridine rings is 1. The molecule has 0 aliphatic rings. The van der Waals surface area contributed by atoms with Crippen LogP contribution >= 0.6 is 0 Å². The van der Waals surface area contributed by atoms with Gasteiger partial charge in [-0.25, -0.2) is 4.98 Å². The maximum absolute atomic E-state index is 5.85. The Kier molecular flexibility index (Phi) is 3.52. The molecule has 0 spiro atoms. The van der Waals surface area contributed by atoms with Crippen molar-refractivity contribution in [2.75, 3.05) is 12.3 Å². The van der Waals surface area contributed by atoms with Crippen LogP contribution in [-0.4, -0.2) is 16.0 Å². The maximum atomic E-state index is 5.85. The number of aromatic nitrogens is 2. The van der Waals surface area contributed by atoms with E-state index in [1.54, 1.807) is 0 Å². The van der Waals surface area contributed by atoms with Gasteiger partial charge in [-0.05, 0) is 30.2 Å². The Balaban J connectivity index is 1.99. The van der Waals surface area contributed by atoms with Crippen LogP contribution in [0.2, 0.25) is 0 Å². The van der Waals surface area contributed by atoms with Crippen molar-refractivity contribution in [3.8, 4) is 17.0 Å². The van der Waals surface area contributed by atoms with Crippen LogP contribution in [0, 0.1) is 5.92 Å². The van der Waals surface area contributed by atoms with Crippen molar-refractivity contribution in [2.24, 2.45) is 5.92 Å². The van der Waals surface area contributed by atoms with Crippen molar-refractivity contribution >= 4 is 11.3 Å². The number of nitrogen functional groups attached to an aromatic ring is 1. The quantitative estimate of drug-likeness (QED) is 0.743. The molecule has 3 aromatic rings. The number of hydrogen-bond acceptors (Lipinski definition) is 3. The third-order valence-electron chi connectivity index (χ3n) is 3.23. The molecule has 0 saturated heterocycles.